The van der Waals surface area contributed by atoms with Crippen molar-refractivity contribution in [2.75, 3.05) is 13.1 Å². The first-order valence-corrected chi connectivity index (χ1v) is 6.45. The summed E-state index contributed by atoms with van der Waals surface area (Å²) < 4.78 is 0. The zero-order valence-corrected chi connectivity index (χ0v) is 11.0. The smallest absolute Gasteiger partial charge is 0.237 e. The van der Waals surface area contributed by atoms with Crippen molar-refractivity contribution in [3.05, 3.63) is 0 Å². The maximum atomic E-state index is 11.7. The van der Waals surface area contributed by atoms with Gasteiger partial charge in [-0.3, -0.25) is 4.79 Å². The van der Waals surface area contributed by atoms with E-state index in [0.717, 1.165) is 51.6 Å². The van der Waals surface area contributed by atoms with Gasteiger partial charge in [0.15, 0.2) is 0 Å². The number of amides is 1. The minimum Gasteiger partial charge on any atom is -0.393 e. The summed E-state index contributed by atoms with van der Waals surface area (Å²) in [5.74, 6) is 0.603. The normalized spacial score (nSPS) is 32.9. The van der Waals surface area contributed by atoms with Crippen molar-refractivity contribution in [3.8, 4) is 0 Å². The van der Waals surface area contributed by atoms with Gasteiger partial charge in [0, 0.05) is 6.54 Å². The van der Waals surface area contributed by atoms with Crippen LogP contribution in [0.1, 0.15) is 38.5 Å². The van der Waals surface area contributed by atoms with Gasteiger partial charge in [0.25, 0.3) is 0 Å². The van der Waals surface area contributed by atoms with Crippen molar-refractivity contribution in [3.63, 3.8) is 0 Å². The Labute approximate surface area is 109 Å². The number of rotatable bonds is 3. The Morgan fingerprint density at radius 2 is 2.12 bits per heavy atom. The second-order valence-corrected chi connectivity index (χ2v) is 5.08. The van der Waals surface area contributed by atoms with Crippen molar-refractivity contribution in [2.24, 2.45) is 5.92 Å². The summed E-state index contributed by atoms with van der Waals surface area (Å²) >= 11 is 0. The number of aliphatic hydroxyl groups is 1. The molecular formula is C12H23ClN2O2. The van der Waals surface area contributed by atoms with E-state index in [1.807, 2.05) is 0 Å². The highest BCUT2D eigenvalue weighted by Crippen LogP contribution is 2.23. The summed E-state index contributed by atoms with van der Waals surface area (Å²) in [5, 5.41) is 15.7. The Morgan fingerprint density at radius 3 is 2.76 bits per heavy atom. The van der Waals surface area contributed by atoms with Crippen LogP contribution in [0.4, 0.5) is 0 Å². The second kappa shape index (κ2) is 7.19. The van der Waals surface area contributed by atoms with Gasteiger partial charge < -0.3 is 15.7 Å². The fourth-order valence-corrected chi connectivity index (χ4v) is 2.72. The van der Waals surface area contributed by atoms with E-state index in [0.29, 0.717) is 5.92 Å². The number of hydrogen-bond acceptors (Lipinski definition) is 3. The Morgan fingerprint density at radius 1 is 1.29 bits per heavy atom. The lowest BCUT2D eigenvalue weighted by Crippen LogP contribution is -2.43. The average Bonchev–Trinajstić information content (AvgIpc) is 2.79. The largest absolute Gasteiger partial charge is 0.393 e. The van der Waals surface area contributed by atoms with Crippen molar-refractivity contribution < 1.29 is 9.90 Å². The summed E-state index contributed by atoms with van der Waals surface area (Å²) in [6, 6.07) is 0.0218. The number of aliphatic hydroxyl groups excluding tert-OH is 1. The molecule has 17 heavy (non-hydrogen) atoms. The van der Waals surface area contributed by atoms with Gasteiger partial charge in [-0.2, -0.15) is 0 Å². The minimum atomic E-state index is -0.153. The van der Waals surface area contributed by atoms with Gasteiger partial charge in [0.1, 0.15) is 0 Å². The summed E-state index contributed by atoms with van der Waals surface area (Å²) in [6.45, 7) is 1.69. The molecule has 2 rings (SSSR count). The van der Waals surface area contributed by atoms with Crippen molar-refractivity contribution in [1.82, 2.24) is 10.6 Å². The maximum absolute atomic E-state index is 11.7. The van der Waals surface area contributed by atoms with Crippen molar-refractivity contribution in [1.29, 1.82) is 0 Å². The van der Waals surface area contributed by atoms with Crippen LogP contribution in [0.2, 0.25) is 0 Å². The molecule has 1 saturated carbocycles. The van der Waals surface area contributed by atoms with Crippen LogP contribution in [0, 0.1) is 5.92 Å². The summed E-state index contributed by atoms with van der Waals surface area (Å²) in [4.78, 5) is 11.7. The molecule has 1 aliphatic heterocycles. The number of carbonyl (C=O) groups is 1. The third kappa shape index (κ3) is 4.45. The molecule has 0 aromatic carbocycles. The van der Waals surface area contributed by atoms with Gasteiger partial charge in [-0.1, -0.05) is 6.42 Å². The molecule has 0 aromatic heterocycles. The summed E-state index contributed by atoms with van der Waals surface area (Å²) in [7, 11) is 0. The van der Waals surface area contributed by atoms with Crippen LogP contribution in [-0.2, 0) is 4.79 Å². The standard InChI is InChI=1S/C12H22N2O2.ClH/c15-10-4-1-3-9(7-10)8-14-12(16)11-5-2-6-13-11;/h9-11,13,15H,1-8H2,(H,14,16);1H. The molecule has 0 aromatic rings. The molecule has 5 heteroatoms. The van der Waals surface area contributed by atoms with Crippen LogP contribution in [0.25, 0.3) is 0 Å². The highest BCUT2D eigenvalue weighted by molar-refractivity contribution is 5.85. The van der Waals surface area contributed by atoms with E-state index in [-0.39, 0.29) is 30.5 Å². The zero-order valence-electron chi connectivity index (χ0n) is 10.2. The fourth-order valence-electron chi connectivity index (χ4n) is 2.72. The van der Waals surface area contributed by atoms with Gasteiger partial charge >= 0.3 is 0 Å². The molecule has 100 valence electrons. The van der Waals surface area contributed by atoms with E-state index in [1.54, 1.807) is 0 Å². The molecule has 3 unspecified atom stereocenters. The molecule has 1 aliphatic carbocycles. The Bertz CT molecular complexity index is 245. The van der Waals surface area contributed by atoms with Gasteiger partial charge in [0.2, 0.25) is 5.91 Å². The van der Waals surface area contributed by atoms with E-state index < -0.39 is 0 Å². The van der Waals surface area contributed by atoms with Gasteiger partial charge in [-0.05, 0) is 44.6 Å². The molecule has 2 aliphatic rings. The molecule has 1 amide bonds. The highest BCUT2D eigenvalue weighted by atomic mass is 35.5. The Hall–Kier alpha value is -0.320. The number of nitrogens with one attached hydrogen (secondary N) is 2. The first-order chi connectivity index (χ1) is 7.75. The maximum Gasteiger partial charge on any atom is 0.237 e. The van der Waals surface area contributed by atoms with Crippen LogP contribution >= 0.6 is 12.4 Å². The summed E-state index contributed by atoms with van der Waals surface area (Å²) in [6.07, 6.45) is 5.89. The third-order valence-corrected chi connectivity index (χ3v) is 3.70. The first-order valence-electron chi connectivity index (χ1n) is 6.45. The quantitative estimate of drug-likeness (QED) is 0.706. The highest BCUT2D eigenvalue weighted by Gasteiger charge is 2.24. The molecule has 1 saturated heterocycles. The third-order valence-electron chi connectivity index (χ3n) is 3.70. The number of carbonyl (C=O) groups excluding carboxylic acids is 1. The van der Waals surface area contributed by atoms with E-state index >= 15 is 0 Å². The number of hydrogen-bond donors (Lipinski definition) is 3. The SMILES string of the molecule is Cl.O=C(NCC1CCCC(O)C1)C1CCCN1. The van der Waals surface area contributed by atoms with E-state index in [2.05, 4.69) is 10.6 Å². The minimum absolute atomic E-state index is 0. The fraction of sp³-hybridized carbons (Fsp3) is 0.917. The van der Waals surface area contributed by atoms with Crippen molar-refractivity contribution in [2.45, 2.75) is 50.7 Å². The van der Waals surface area contributed by atoms with E-state index in [9.17, 15) is 9.90 Å². The molecule has 3 N–H and O–H groups in total. The van der Waals surface area contributed by atoms with Gasteiger partial charge in [0.05, 0.1) is 12.1 Å². The van der Waals surface area contributed by atoms with Crippen LogP contribution in [0.5, 0.6) is 0 Å². The lowest BCUT2D eigenvalue weighted by molar-refractivity contribution is -0.123. The zero-order chi connectivity index (χ0) is 11.4. The van der Waals surface area contributed by atoms with E-state index in [1.165, 1.54) is 0 Å². The summed E-state index contributed by atoms with van der Waals surface area (Å²) in [5.41, 5.74) is 0. The van der Waals surface area contributed by atoms with Gasteiger partial charge in [-0.25, -0.2) is 0 Å². The number of halogens is 1. The lowest BCUT2D eigenvalue weighted by Gasteiger charge is -2.26. The molecule has 0 bridgehead atoms. The van der Waals surface area contributed by atoms with Crippen LogP contribution in [0.15, 0.2) is 0 Å². The molecule has 2 fully saturated rings. The average molecular weight is 263 g/mol. The predicted molar refractivity (Wildman–Crippen MR) is 69.2 cm³/mol. The molecular weight excluding hydrogens is 240 g/mol. The van der Waals surface area contributed by atoms with Gasteiger partial charge in [-0.15, -0.1) is 12.4 Å². The van der Waals surface area contributed by atoms with Crippen LogP contribution < -0.4 is 10.6 Å². The van der Waals surface area contributed by atoms with E-state index in [4.69, 9.17) is 0 Å². The Kier molecular flexibility index (Phi) is 6.23. The van der Waals surface area contributed by atoms with Crippen molar-refractivity contribution >= 4 is 18.3 Å². The monoisotopic (exact) mass is 262 g/mol. The molecule has 0 spiro atoms. The molecule has 3 atom stereocenters. The van der Waals surface area contributed by atoms with Crippen LogP contribution in [0.3, 0.4) is 0 Å². The lowest BCUT2D eigenvalue weighted by atomic mass is 9.87. The molecule has 1 heterocycles. The van der Waals surface area contributed by atoms with Crippen LogP contribution in [-0.4, -0.2) is 36.2 Å². The topological polar surface area (TPSA) is 61.4 Å². The Balaban J connectivity index is 0.00000144. The predicted octanol–water partition coefficient (Wildman–Crippen LogP) is 0.827. The second-order valence-electron chi connectivity index (χ2n) is 5.08. The molecule has 0 radical (unpaired) electrons. The first kappa shape index (κ1) is 14.7. The molecule has 4 nitrogen and oxygen atoms in total.